The fraction of sp³-hybridized carbons (Fsp3) is 0.895. The zero-order chi connectivity index (χ0) is 17.8. The lowest BCUT2D eigenvalue weighted by molar-refractivity contribution is -0.151. The van der Waals surface area contributed by atoms with Crippen molar-refractivity contribution in [2.24, 2.45) is 0 Å². The van der Waals surface area contributed by atoms with Gasteiger partial charge in [0, 0.05) is 12.2 Å². The molecular weight excluding hydrogens is 322 g/mol. The van der Waals surface area contributed by atoms with Crippen molar-refractivity contribution in [2.75, 3.05) is 12.9 Å². The van der Waals surface area contributed by atoms with Crippen LogP contribution in [0.3, 0.4) is 0 Å². The van der Waals surface area contributed by atoms with Crippen molar-refractivity contribution >= 4 is 23.6 Å². The van der Waals surface area contributed by atoms with Crippen LogP contribution in [0.25, 0.3) is 0 Å². The second kappa shape index (κ2) is 12.6. The summed E-state index contributed by atoms with van der Waals surface area (Å²) in [6, 6.07) is -0.390. The quantitative estimate of drug-likeness (QED) is 0.373. The summed E-state index contributed by atoms with van der Waals surface area (Å²) in [5.74, 6) is 0.537. The number of amides is 1. The summed E-state index contributed by atoms with van der Waals surface area (Å²) in [6.45, 7) is 4.39. The van der Waals surface area contributed by atoms with Crippen LogP contribution in [0, 0.1) is 0 Å². The van der Waals surface area contributed by atoms with Gasteiger partial charge in [-0.05, 0) is 12.8 Å². The lowest BCUT2D eigenvalue weighted by atomic mass is 10.1. The van der Waals surface area contributed by atoms with Crippen molar-refractivity contribution in [2.45, 2.75) is 95.9 Å². The first-order chi connectivity index (χ1) is 11.7. The smallest absolute Gasteiger partial charge is 0.329 e. The number of ether oxygens (including phenoxy) is 1. The number of rotatable bonds is 12. The summed E-state index contributed by atoms with van der Waals surface area (Å²) < 4.78 is 4.91. The molecule has 0 radical (unpaired) electrons. The molecule has 0 bridgehead atoms. The van der Waals surface area contributed by atoms with Gasteiger partial charge in [0.1, 0.15) is 6.04 Å². The maximum atomic E-state index is 12.7. The van der Waals surface area contributed by atoms with E-state index in [9.17, 15) is 9.59 Å². The Balaban J connectivity index is 2.50. The molecule has 0 aromatic carbocycles. The van der Waals surface area contributed by atoms with Crippen LogP contribution in [0.2, 0.25) is 0 Å². The van der Waals surface area contributed by atoms with E-state index in [-0.39, 0.29) is 23.3 Å². The second-order valence-corrected chi connectivity index (χ2v) is 7.85. The van der Waals surface area contributed by atoms with Gasteiger partial charge in [0.25, 0.3) is 0 Å². The Morgan fingerprint density at radius 3 is 2.29 bits per heavy atom. The molecule has 2 unspecified atom stereocenters. The minimum Gasteiger partial charge on any atom is -0.467 e. The summed E-state index contributed by atoms with van der Waals surface area (Å²) in [5, 5.41) is 0.147. The van der Waals surface area contributed by atoms with Crippen molar-refractivity contribution in [3.63, 3.8) is 0 Å². The number of thioether (sulfide) groups is 1. The van der Waals surface area contributed by atoms with Crippen LogP contribution < -0.4 is 0 Å². The Hall–Kier alpha value is -0.710. The van der Waals surface area contributed by atoms with Gasteiger partial charge >= 0.3 is 5.97 Å². The van der Waals surface area contributed by atoms with Crippen LogP contribution in [0.1, 0.15) is 84.5 Å². The molecule has 0 saturated carbocycles. The fourth-order valence-electron chi connectivity index (χ4n) is 3.19. The van der Waals surface area contributed by atoms with Crippen molar-refractivity contribution in [1.29, 1.82) is 0 Å². The zero-order valence-corrected chi connectivity index (χ0v) is 16.5. The van der Waals surface area contributed by atoms with Gasteiger partial charge in [0.2, 0.25) is 5.91 Å². The molecule has 0 aromatic rings. The number of hydrogen-bond donors (Lipinski definition) is 0. The molecule has 0 spiro atoms. The van der Waals surface area contributed by atoms with Gasteiger partial charge in [-0.25, -0.2) is 4.79 Å². The molecule has 1 aliphatic heterocycles. The topological polar surface area (TPSA) is 46.6 Å². The molecular formula is C19H35NO3S. The summed E-state index contributed by atoms with van der Waals surface area (Å²) >= 11 is 1.74. The van der Waals surface area contributed by atoms with Crippen molar-refractivity contribution in [1.82, 2.24) is 4.90 Å². The molecule has 1 heterocycles. The third kappa shape index (κ3) is 7.04. The number of unbranched alkanes of at least 4 members (excludes halogenated alkanes) is 7. The first-order valence-electron chi connectivity index (χ1n) is 9.66. The van der Waals surface area contributed by atoms with E-state index in [1.54, 1.807) is 11.8 Å². The Labute approximate surface area is 152 Å². The first-order valence-corrected chi connectivity index (χ1v) is 10.7. The van der Waals surface area contributed by atoms with Gasteiger partial charge < -0.3 is 9.64 Å². The minimum absolute atomic E-state index is 0.132. The number of methoxy groups -OCH3 is 1. The monoisotopic (exact) mass is 357 g/mol. The molecule has 0 N–H and O–H groups in total. The number of nitrogens with zero attached hydrogens (tertiary/aromatic N) is 1. The van der Waals surface area contributed by atoms with Crippen LogP contribution in [0.5, 0.6) is 0 Å². The molecule has 24 heavy (non-hydrogen) atoms. The predicted octanol–water partition coefficient (Wildman–Crippen LogP) is 4.76. The highest BCUT2D eigenvalue weighted by Gasteiger charge is 2.41. The normalized spacial score (nSPS) is 20.4. The molecule has 0 aromatic heterocycles. The molecule has 1 saturated heterocycles. The maximum Gasteiger partial charge on any atom is 0.329 e. The third-order valence-electron chi connectivity index (χ3n) is 4.65. The standard InChI is InChI=1S/C19H35NO3S/c1-4-6-8-9-10-12-13-17(21)20-16(19(22)23-3)15-24-18(20)14-11-7-5-2/h16,18H,4-15H2,1-3H3. The number of carbonyl (C=O) groups excluding carboxylic acids is 2. The molecule has 2 atom stereocenters. The van der Waals surface area contributed by atoms with Crippen LogP contribution in [0.4, 0.5) is 0 Å². The zero-order valence-electron chi connectivity index (χ0n) is 15.7. The van der Waals surface area contributed by atoms with Crippen molar-refractivity contribution in [3.8, 4) is 0 Å². The van der Waals surface area contributed by atoms with E-state index in [2.05, 4.69) is 13.8 Å². The maximum absolute atomic E-state index is 12.7. The molecule has 1 rings (SSSR count). The molecule has 5 heteroatoms. The highest BCUT2D eigenvalue weighted by atomic mass is 32.2. The Kier molecular flexibility index (Phi) is 11.2. The average Bonchev–Trinajstić information content (AvgIpc) is 3.01. The van der Waals surface area contributed by atoms with Crippen LogP contribution >= 0.6 is 11.8 Å². The molecule has 1 aliphatic rings. The average molecular weight is 358 g/mol. The van der Waals surface area contributed by atoms with E-state index in [4.69, 9.17) is 4.74 Å². The van der Waals surface area contributed by atoms with E-state index in [1.165, 1.54) is 45.6 Å². The predicted molar refractivity (Wildman–Crippen MR) is 101 cm³/mol. The van der Waals surface area contributed by atoms with Gasteiger partial charge in [0.15, 0.2) is 0 Å². The Morgan fingerprint density at radius 1 is 1.00 bits per heavy atom. The molecule has 1 amide bonds. The molecule has 1 fully saturated rings. The Bertz CT molecular complexity index is 376. The third-order valence-corrected chi connectivity index (χ3v) is 6.01. The van der Waals surface area contributed by atoms with Gasteiger partial charge in [-0.15, -0.1) is 11.8 Å². The molecule has 0 aliphatic carbocycles. The molecule has 140 valence electrons. The highest BCUT2D eigenvalue weighted by molar-refractivity contribution is 8.00. The van der Waals surface area contributed by atoms with Gasteiger partial charge in [0.05, 0.1) is 12.5 Å². The second-order valence-electron chi connectivity index (χ2n) is 6.64. The van der Waals surface area contributed by atoms with Crippen molar-refractivity contribution < 1.29 is 14.3 Å². The van der Waals surface area contributed by atoms with E-state index in [1.807, 2.05) is 4.90 Å². The molecule has 4 nitrogen and oxygen atoms in total. The Morgan fingerprint density at radius 2 is 1.62 bits per heavy atom. The van der Waals surface area contributed by atoms with Crippen LogP contribution in [0.15, 0.2) is 0 Å². The summed E-state index contributed by atoms with van der Waals surface area (Å²) in [5.41, 5.74) is 0. The number of hydrogen-bond acceptors (Lipinski definition) is 4. The van der Waals surface area contributed by atoms with E-state index >= 15 is 0 Å². The van der Waals surface area contributed by atoms with Gasteiger partial charge in [-0.2, -0.15) is 0 Å². The SMILES string of the molecule is CCCCCCCCC(=O)N1C(CCCCC)SCC1C(=O)OC. The van der Waals surface area contributed by atoms with Gasteiger partial charge in [-0.1, -0.05) is 65.2 Å². The van der Waals surface area contributed by atoms with Crippen LogP contribution in [-0.2, 0) is 14.3 Å². The number of esters is 1. The van der Waals surface area contributed by atoms with E-state index < -0.39 is 0 Å². The summed E-state index contributed by atoms with van der Waals surface area (Å²) in [6.07, 6.45) is 12.0. The fourth-order valence-corrected chi connectivity index (χ4v) is 4.65. The van der Waals surface area contributed by atoms with Crippen molar-refractivity contribution in [3.05, 3.63) is 0 Å². The minimum atomic E-state index is -0.390. The first kappa shape index (κ1) is 21.3. The largest absolute Gasteiger partial charge is 0.467 e. The van der Waals surface area contributed by atoms with Crippen LogP contribution in [-0.4, -0.2) is 41.1 Å². The summed E-state index contributed by atoms with van der Waals surface area (Å²) in [7, 11) is 1.41. The number of carbonyl (C=O) groups is 2. The lowest BCUT2D eigenvalue weighted by Gasteiger charge is -2.28. The van der Waals surface area contributed by atoms with Gasteiger partial charge in [-0.3, -0.25) is 4.79 Å². The summed E-state index contributed by atoms with van der Waals surface area (Å²) in [4.78, 5) is 26.6. The lowest BCUT2D eigenvalue weighted by Crippen LogP contribution is -2.46. The highest BCUT2D eigenvalue weighted by Crippen LogP contribution is 2.34. The van der Waals surface area contributed by atoms with E-state index in [0.29, 0.717) is 12.2 Å². The van der Waals surface area contributed by atoms with E-state index in [0.717, 1.165) is 25.7 Å².